The first-order chi connectivity index (χ1) is 13.8. The lowest BCUT2D eigenvalue weighted by Crippen LogP contribution is -2.11. The molecule has 0 saturated heterocycles. The van der Waals surface area contributed by atoms with Crippen molar-refractivity contribution in [2.75, 3.05) is 0 Å². The number of carbonyl (C=O) groups is 1. The first kappa shape index (κ1) is 18.7. The van der Waals surface area contributed by atoms with Crippen LogP contribution in [0.25, 0.3) is 21.7 Å². The number of nitrogens with one attached hydrogen (secondary N) is 1. The van der Waals surface area contributed by atoms with Gasteiger partial charge in [-0.05, 0) is 29.7 Å². The van der Waals surface area contributed by atoms with Crippen LogP contribution in [0.1, 0.15) is 10.5 Å². The lowest BCUT2D eigenvalue weighted by molar-refractivity contribution is 0.0995. The van der Waals surface area contributed by atoms with Crippen molar-refractivity contribution in [3.8, 4) is 0 Å². The number of hydrogen-bond donors (Lipinski definition) is 2. The van der Waals surface area contributed by atoms with Crippen molar-refractivity contribution >= 4 is 27.6 Å². The van der Waals surface area contributed by atoms with Gasteiger partial charge < -0.3 is 10.7 Å². The summed E-state index contributed by atoms with van der Waals surface area (Å²) < 4.78 is 0. The molecule has 1 amide bonds. The van der Waals surface area contributed by atoms with E-state index in [1.807, 2.05) is 36.4 Å². The second-order valence-electron chi connectivity index (χ2n) is 5.57. The highest BCUT2D eigenvalue weighted by Gasteiger charge is 1.99. The van der Waals surface area contributed by atoms with Crippen molar-refractivity contribution in [1.82, 2.24) is 24.9 Å². The number of pyridine rings is 1. The Hall–Kier alpha value is -4.13. The number of hydrogen-bond acceptors (Lipinski definition) is 5. The molecule has 0 fully saturated rings. The summed E-state index contributed by atoms with van der Waals surface area (Å²) in [5, 5.41) is 2.73. The van der Waals surface area contributed by atoms with Gasteiger partial charge in [-0.2, -0.15) is 0 Å². The first-order valence-corrected chi connectivity index (χ1v) is 8.46. The number of amides is 1. The van der Waals surface area contributed by atoms with Gasteiger partial charge in [0.05, 0.1) is 5.52 Å². The fourth-order valence-electron chi connectivity index (χ4n) is 2.47. The molecule has 0 aliphatic carbocycles. The minimum absolute atomic E-state index is 0.204. The Morgan fingerprint density at radius 2 is 1.46 bits per heavy atom. The molecule has 7 heteroatoms. The number of carbonyl (C=O) groups excluding carboxylic acids is 1. The summed E-state index contributed by atoms with van der Waals surface area (Å²) in [5.74, 6) is -0.597. The van der Waals surface area contributed by atoms with Gasteiger partial charge in [-0.15, -0.1) is 0 Å². The molecule has 3 aromatic rings. The molecule has 138 valence electrons. The molecule has 3 rings (SSSR count). The number of H-pyrrole nitrogens is 1. The van der Waals surface area contributed by atoms with E-state index in [1.54, 1.807) is 31.0 Å². The van der Waals surface area contributed by atoms with Crippen molar-refractivity contribution in [3.05, 3.63) is 97.7 Å². The first-order valence-electron chi connectivity index (χ1n) is 8.46. The SMILES string of the molecule is NC(=O)c1ccnccnccncccc2ccc3ncccc3c2c[nH]1. The van der Waals surface area contributed by atoms with Gasteiger partial charge in [0.25, 0.3) is 5.91 Å². The number of fused-ring (bicyclic) bond motifs is 3. The van der Waals surface area contributed by atoms with Crippen LogP contribution in [0.15, 0.2) is 92.0 Å². The van der Waals surface area contributed by atoms with Gasteiger partial charge in [0.1, 0.15) is 5.69 Å². The van der Waals surface area contributed by atoms with Crippen LogP contribution in [0.4, 0.5) is 0 Å². The average Bonchev–Trinajstić information content (AvgIpc) is 2.71. The zero-order chi connectivity index (χ0) is 19.6. The van der Waals surface area contributed by atoms with Crippen LogP contribution < -0.4 is 5.73 Å². The number of aromatic amines is 1. The molecule has 0 bridgehead atoms. The van der Waals surface area contributed by atoms with Crippen LogP contribution in [-0.2, 0) is 0 Å². The molecule has 0 saturated carbocycles. The molecule has 0 atom stereocenters. The van der Waals surface area contributed by atoms with E-state index in [0.29, 0.717) is 0 Å². The summed E-state index contributed by atoms with van der Waals surface area (Å²) >= 11 is 0. The fraction of sp³-hybridized carbons (Fsp3) is 0. The summed E-state index contributed by atoms with van der Waals surface area (Å²) in [6, 6.07) is 13.0. The van der Waals surface area contributed by atoms with E-state index in [4.69, 9.17) is 5.73 Å². The van der Waals surface area contributed by atoms with Crippen molar-refractivity contribution < 1.29 is 4.79 Å². The lowest BCUT2D eigenvalue weighted by atomic mass is 10.1. The predicted molar refractivity (Wildman–Crippen MR) is 108 cm³/mol. The Morgan fingerprint density at radius 3 is 2.25 bits per heavy atom. The molecule has 0 spiro atoms. The van der Waals surface area contributed by atoms with Gasteiger partial charge in [0, 0.05) is 60.3 Å². The van der Waals surface area contributed by atoms with Crippen LogP contribution in [0.3, 0.4) is 0 Å². The van der Waals surface area contributed by atoms with E-state index < -0.39 is 5.91 Å². The van der Waals surface area contributed by atoms with Crippen LogP contribution >= 0.6 is 0 Å². The molecule has 0 unspecified atom stereocenters. The highest BCUT2D eigenvalue weighted by atomic mass is 16.1. The van der Waals surface area contributed by atoms with E-state index in [1.165, 1.54) is 24.7 Å². The number of primary amides is 1. The molecule has 28 heavy (non-hydrogen) atoms. The number of aromatic nitrogens is 5. The highest BCUT2D eigenvalue weighted by Crippen LogP contribution is 2.21. The number of nitrogens with two attached hydrogens (primary N) is 1. The monoisotopic (exact) mass is 370 g/mol. The Balaban J connectivity index is 2.38. The highest BCUT2D eigenvalue weighted by molar-refractivity contribution is 6.05. The Bertz CT molecular complexity index is 1170. The lowest BCUT2D eigenvalue weighted by Gasteiger charge is -2.00. The topological polar surface area (TPSA) is 110 Å². The van der Waals surface area contributed by atoms with Gasteiger partial charge >= 0.3 is 0 Å². The predicted octanol–water partition coefficient (Wildman–Crippen LogP) is 3.37. The quantitative estimate of drug-likeness (QED) is 0.682. The third-order valence-electron chi connectivity index (χ3n) is 3.75. The average molecular weight is 370 g/mol. The molecule has 1 aromatic carbocycles. The third-order valence-corrected chi connectivity index (χ3v) is 3.75. The fourth-order valence-corrected chi connectivity index (χ4v) is 2.47. The maximum absolute atomic E-state index is 11.7. The molecule has 0 aliphatic rings. The van der Waals surface area contributed by atoms with Crippen molar-refractivity contribution in [2.24, 2.45) is 5.73 Å². The molecule has 2 heterocycles. The summed E-state index contributed by atoms with van der Waals surface area (Å²) in [5.41, 5.74) is 6.51. The molecule has 2 aromatic heterocycles. The van der Waals surface area contributed by atoms with E-state index in [0.717, 1.165) is 21.7 Å². The number of benzene rings is 1. The second kappa shape index (κ2) is 9.54. The maximum Gasteiger partial charge on any atom is 0.265 e. The zero-order valence-corrected chi connectivity index (χ0v) is 14.9. The number of rotatable bonds is 1. The summed E-state index contributed by atoms with van der Waals surface area (Å²) in [6.45, 7) is 0. The van der Waals surface area contributed by atoms with Crippen molar-refractivity contribution in [3.63, 3.8) is 0 Å². The summed E-state index contributed by atoms with van der Waals surface area (Å²) in [4.78, 5) is 31.2. The van der Waals surface area contributed by atoms with Crippen molar-refractivity contribution in [2.45, 2.75) is 0 Å². The Kier molecular flexibility index (Phi) is 6.35. The molecule has 0 radical (unpaired) electrons. The van der Waals surface area contributed by atoms with E-state index in [2.05, 4.69) is 24.9 Å². The minimum atomic E-state index is -0.597. The molecular formula is C21H18N6O. The summed E-state index contributed by atoms with van der Waals surface area (Å²) in [6.07, 6.45) is 12.7. The third kappa shape index (κ3) is 4.95. The van der Waals surface area contributed by atoms with Crippen LogP contribution in [0, 0.1) is 0 Å². The van der Waals surface area contributed by atoms with Gasteiger partial charge in [-0.25, -0.2) is 0 Å². The minimum Gasteiger partial charge on any atom is -0.364 e. The second-order valence-corrected chi connectivity index (χ2v) is 5.57. The van der Waals surface area contributed by atoms with Gasteiger partial charge in [-0.1, -0.05) is 18.2 Å². The van der Waals surface area contributed by atoms with Gasteiger partial charge in [-0.3, -0.25) is 24.7 Å². The Morgan fingerprint density at radius 1 is 0.750 bits per heavy atom. The molecule has 3 N–H and O–H groups in total. The molecule has 7 nitrogen and oxygen atoms in total. The van der Waals surface area contributed by atoms with E-state index >= 15 is 0 Å². The summed E-state index contributed by atoms with van der Waals surface area (Å²) in [7, 11) is 0. The van der Waals surface area contributed by atoms with Gasteiger partial charge in [0.2, 0.25) is 0 Å². The van der Waals surface area contributed by atoms with Crippen LogP contribution in [-0.4, -0.2) is 30.8 Å². The van der Waals surface area contributed by atoms with Crippen LogP contribution in [0.2, 0.25) is 0 Å². The van der Waals surface area contributed by atoms with E-state index in [9.17, 15) is 4.79 Å². The van der Waals surface area contributed by atoms with E-state index in [-0.39, 0.29) is 5.69 Å². The van der Waals surface area contributed by atoms with Crippen LogP contribution in [0.5, 0.6) is 0 Å². The maximum atomic E-state index is 11.7. The normalized spacial score (nSPS) is 9.71. The molecule has 0 aliphatic heterocycles. The standard InChI is InChI=1S/C21H18N6O/c22-21(28)20-7-10-24-12-14-25-13-11-23-8-1-3-16-5-6-19-17(4-2-9-26-19)18(16)15-27-20/h1-15,27H,(H2,22,28). The Labute approximate surface area is 161 Å². The smallest absolute Gasteiger partial charge is 0.265 e. The largest absolute Gasteiger partial charge is 0.364 e. The number of nitrogens with zero attached hydrogens (tertiary/aromatic N) is 4. The molecular weight excluding hydrogens is 352 g/mol. The van der Waals surface area contributed by atoms with Crippen molar-refractivity contribution in [1.29, 1.82) is 0 Å². The van der Waals surface area contributed by atoms with Gasteiger partial charge in [0.15, 0.2) is 0 Å². The zero-order valence-electron chi connectivity index (χ0n) is 14.9.